The standard InChI is InChI=1S/C13H16O3/c1-3-16-12(14)13(8-15-9-13)11-7-5-4-6-10(11)2/h4-7H,3,8-9H2,1-2H3. The predicted molar refractivity (Wildman–Crippen MR) is 60.3 cm³/mol. The fourth-order valence-electron chi connectivity index (χ4n) is 2.07. The summed E-state index contributed by atoms with van der Waals surface area (Å²) < 4.78 is 10.4. The molecular weight excluding hydrogens is 204 g/mol. The van der Waals surface area contributed by atoms with E-state index >= 15 is 0 Å². The molecule has 0 radical (unpaired) electrons. The maximum Gasteiger partial charge on any atom is 0.321 e. The van der Waals surface area contributed by atoms with E-state index < -0.39 is 5.41 Å². The van der Waals surface area contributed by atoms with E-state index in [9.17, 15) is 4.79 Å². The molecule has 0 N–H and O–H groups in total. The molecule has 0 aliphatic carbocycles. The Bertz CT molecular complexity index is 394. The predicted octanol–water partition coefficient (Wildman–Crippen LogP) is 1.83. The van der Waals surface area contributed by atoms with Crippen LogP contribution in [0.15, 0.2) is 24.3 Å². The highest BCUT2D eigenvalue weighted by Gasteiger charge is 2.49. The van der Waals surface area contributed by atoms with Crippen LogP contribution in [0, 0.1) is 6.92 Å². The molecule has 0 aromatic heterocycles. The molecule has 3 heteroatoms. The summed E-state index contributed by atoms with van der Waals surface area (Å²) in [4.78, 5) is 12.0. The Morgan fingerprint density at radius 1 is 1.44 bits per heavy atom. The number of carbonyl (C=O) groups excluding carboxylic acids is 1. The van der Waals surface area contributed by atoms with Crippen LogP contribution in [0.25, 0.3) is 0 Å². The van der Waals surface area contributed by atoms with Crippen molar-refractivity contribution in [2.75, 3.05) is 19.8 Å². The molecule has 1 aliphatic rings. The van der Waals surface area contributed by atoms with Crippen LogP contribution in [-0.2, 0) is 19.7 Å². The van der Waals surface area contributed by atoms with Crippen molar-refractivity contribution in [3.63, 3.8) is 0 Å². The molecule has 0 amide bonds. The van der Waals surface area contributed by atoms with Crippen molar-refractivity contribution in [3.05, 3.63) is 35.4 Å². The van der Waals surface area contributed by atoms with Crippen LogP contribution in [0.5, 0.6) is 0 Å². The summed E-state index contributed by atoms with van der Waals surface area (Å²) in [6.45, 7) is 5.09. The molecule has 0 saturated carbocycles. The first kappa shape index (κ1) is 11.1. The van der Waals surface area contributed by atoms with Gasteiger partial charge in [0.05, 0.1) is 19.8 Å². The van der Waals surface area contributed by atoms with E-state index in [-0.39, 0.29) is 5.97 Å². The average Bonchev–Trinajstić information content (AvgIpc) is 2.19. The lowest BCUT2D eigenvalue weighted by molar-refractivity contribution is -0.169. The highest BCUT2D eigenvalue weighted by Crippen LogP contribution is 2.35. The van der Waals surface area contributed by atoms with Crippen molar-refractivity contribution in [2.45, 2.75) is 19.3 Å². The third-order valence-corrected chi connectivity index (χ3v) is 3.02. The van der Waals surface area contributed by atoms with Gasteiger partial charge in [0.25, 0.3) is 0 Å². The van der Waals surface area contributed by atoms with E-state index in [0.717, 1.165) is 11.1 Å². The molecular formula is C13H16O3. The summed E-state index contributed by atoms with van der Waals surface area (Å²) in [7, 11) is 0. The number of hydrogen-bond acceptors (Lipinski definition) is 3. The van der Waals surface area contributed by atoms with Crippen molar-refractivity contribution >= 4 is 5.97 Å². The molecule has 2 rings (SSSR count). The molecule has 0 spiro atoms. The molecule has 1 aliphatic heterocycles. The first-order valence-electron chi connectivity index (χ1n) is 5.52. The van der Waals surface area contributed by atoms with Gasteiger partial charge in [0, 0.05) is 0 Å². The summed E-state index contributed by atoms with van der Waals surface area (Å²) in [6.07, 6.45) is 0. The molecule has 3 nitrogen and oxygen atoms in total. The SMILES string of the molecule is CCOC(=O)C1(c2ccccc2C)COC1. The van der Waals surface area contributed by atoms with Crippen molar-refractivity contribution in [1.29, 1.82) is 0 Å². The second kappa shape index (κ2) is 4.26. The first-order chi connectivity index (χ1) is 7.70. The smallest absolute Gasteiger partial charge is 0.321 e. The molecule has 1 aromatic carbocycles. The summed E-state index contributed by atoms with van der Waals surface area (Å²) in [5.74, 6) is -0.171. The lowest BCUT2D eigenvalue weighted by atomic mass is 9.76. The highest BCUT2D eigenvalue weighted by atomic mass is 16.6. The molecule has 0 bridgehead atoms. The largest absolute Gasteiger partial charge is 0.465 e. The Morgan fingerprint density at radius 2 is 2.12 bits per heavy atom. The Hall–Kier alpha value is -1.35. The number of esters is 1. The van der Waals surface area contributed by atoms with Crippen LogP contribution in [0.3, 0.4) is 0 Å². The van der Waals surface area contributed by atoms with Gasteiger partial charge in [-0.1, -0.05) is 24.3 Å². The number of benzene rings is 1. The first-order valence-corrected chi connectivity index (χ1v) is 5.52. The normalized spacial score (nSPS) is 17.6. The maximum atomic E-state index is 12.0. The van der Waals surface area contributed by atoms with Gasteiger partial charge in [-0.25, -0.2) is 0 Å². The van der Waals surface area contributed by atoms with Crippen LogP contribution in [0.1, 0.15) is 18.1 Å². The van der Waals surface area contributed by atoms with Crippen molar-refractivity contribution in [3.8, 4) is 0 Å². The minimum Gasteiger partial charge on any atom is -0.465 e. The number of rotatable bonds is 3. The zero-order valence-electron chi connectivity index (χ0n) is 9.66. The lowest BCUT2D eigenvalue weighted by Crippen LogP contribution is -2.54. The van der Waals surface area contributed by atoms with Gasteiger partial charge >= 0.3 is 5.97 Å². The molecule has 16 heavy (non-hydrogen) atoms. The van der Waals surface area contributed by atoms with Crippen molar-refractivity contribution in [1.82, 2.24) is 0 Å². The molecule has 1 saturated heterocycles. The molecule has 86 valence electrons. The second-order valence-electron chi connectivity index (χ2n) is 4.11. The molecule has 1 aromatic rings. The maximum absolute atomic E-state index is 12.0. The number of carbonyl (C=O) groups is 1. The molecule has 0 atom stereocenters. The van der Waals surface area contributed by atoms with Crippen LogP contribution in [0.2, 0.25) is 0 Å². The van der Waals surface area contributed by atoms with E-state index in [1.165, 1.54) is 0 Å². The Kier molecular flexibility index (Phi) is 2.97. The van der Waals surface area contributed by atoms with Crippen LogP contribution in [0.4, 0.5) is 0 Å². The monoisotopic (exact) mass is 220 g/mol. The fraction of sp³-hybridized carbons (Fsp3) is 0.462. The fourth-order valence-corrected chi connectivity index (χ4v) is 2.07. The average molecular weight is 220 g/mol. The van der Waals surface area contributed by atoms with Gasteiger partial charge in [0.15, 0.2) is 0 Å². The minimum absolute atomic E-state index is 0.171. The number of aryl methyl sites for hydroxylation is 1. The van der Waals surface area contributed by atoms with E-state index in [1.807, 2.05) is 38.1 Å². The highest BCUT2D eigenvalue weighted by molar-refractivity contribution is 5.85. The summed E-state index contributed by atoms with van der Waals surface area (Å²) >= 11 is 0. The van der Waals surface area contributed by atoms with Gasteiger partial charge in [-0.2, -0.15) is 0 Å². The van der Waals surface area contributed by atoms with Gasteiger partial charge in [0.1, 0.15) is 5.41 Å². The van der Waals surface area contributed by atoms with Crippen molar-refractivity contribution in [2.24, 2.45) is 0 Å². The van der Waals surface area contributed by atoms with Gasteiger partial charge in [-0.3, -0.25) is 4.79 Å². The van der Waals surface area contributed by atoms with E-state index in [4.69, 9.17) is 9.47 Å². The van der Waals surface area contributed by atoms with E-state index in [0.29, 0.717) is 19.8 Å². The van der Waals surface area contributed by atoms with E-state index in [2.05, 4.69) is 0 Å². The van der Waals surface area contributed by atoms with Gasteiger partial charge < -0.3 is 9.47 Å². The van der Waals surface area contributed by atoms with Gasteiger partial charge in [-0.05, 0) is 25.0 Å². The van der Waals surface area contributed by atoms with E-state index in [1.54, 1.807) is 0 Å². The quantitative estimate of drug-likeness (QED) is 0.729. The Morgan fingerprint density at radius 3 is 2.62 bits per heavy atom. The van der Waals surface area contributed by atoms with Crippen LogP contribution >= 0.6 is 0 Å². The third kappa shape index (κ3) is 1.61. The molecule has 0 unspecified atom stereocenters. The van der Waals surface area contributed by atoms with Crippen LogP contribution < -0.4 is 0 Å². The molecule has 1 fully saturated rings. The topological polar surface area (TPSA) is 35.5 Å². The van der Waals surface area contributed by atoms with Crippen molar-refractivity contribution < 1.29 is 14.3 Å². The Balaban J connectivity index is 2.35. The van der Waals surface area contributed by atoms with Crippen LogP contribution in [-0.4, -0.2) is 25.8 Å². The second-order valence-corrected chi connectivity index (χ2v) is 4.11. The van der Waals surface area contributed by atoms with Gasteiger partial charge in [-0.15, -0.1) is 0 Å². The zero-order chi connectivity index (χ0) is 11.6. The van der Waals surface area contributed by atoms with Gasteiger partial charge in [0.2, 0.25) is 0 Å². The number of hydrogen-bond donors (Lipinski definition) is 0. The Labute approximate surface area is 95.4 Å². The summed E-state index contributed by atoms with van der Waals surface area (Å²) in [5.41, 5.74) is 1.57. The number of ether oxygens (including phenoxy) is 2. The zero-order valence-corrected chi connectivity index (χ0v) is 9.66. The summed E-state index contributed by atoms with van der Waals surface area (Å²) in [6, 6.07) is 7.91. The summed E-state index contributed by atoms with van der Waals surface area (Å²) in [5, 5.41) is 0. The lowest BCUT2D eigenvalue weighted by Gasteiger charge is -2.40. The minimum atomic E-state index is -0.568. The molecule has 1 heterocycles. The third-order valence-electron chi connectivity index (χ3n) is 3.02.